The highest BCUT2D eigenvalue weighted by molar-refractivity contribution is 7.22. The Kier molecular flexibility index (Phi) is 6.85. The highest BCUT2D eigenvalue weighted by atomic mass is 32.1. The largest absolute Gasteiger partial charge is 0.504 e. The van der Waals surface area contributed by atoms with Crippen molar-refractivity contribution in [1.82, 2.24) is 4.90 Å². The lowest BCUT2D eigenvalue weighted by Crippen LogP contribution is -2.38. The lowest BCUT2D eigenvalue weighted by atomic mass is 10.1. The Hall–Kier alpha value is -3.26. The number of rotatable bonds is 8. The van der Waals surface area contributed by atoms with Crippen LogP contribution in [0.25, 0.3) is 20.5 Å². The van der Waals surface area contributed by atoms with Gasteiger partial charge in [0.05, 0.1) is 20.3 Å². The molecule has 5 rings (SSSR count). The summed E-state index contributed by atoms with van der Waals surface area (Å²) in [6, 6.07) is 21.2. The Morgan fingerprint density at radius 1 is 0.941 bits per heavy atom. The van der Waals surface area contributed by atoms with E-state index in [9.17, 15) is 5.11 Å². The third-order valence-electron chi connectivity index (χ3n) is 5.80. The highest BCUT2D eigenvalue weighted by Gasteiger charge is 2.16. The molecule has 0 unspecified atom stereocenters. The SMILES string of the molecule is COc1cc(O)c(Oc2ccc(OCCN3CCOCC3)cc2)cc1-c1cc2ccccc2s1. The lowest BCUT2D eigenvalue weighted by molar-refractivity contribution is 0.0322. The van der Waals surface area contributed by atoms with Crippen LogP contribution in [-0.4, -0.2) is 56.6 Å². The number of morpholine rings is 1. The zero-order valence-electron chi connectivity index (χ0n) is 19.0. The number of hydrogen-bond acceptors (Lipinski definition) is 7. The van der Waals surface area contributed by atoms with Gasteiger partial charge in [0.1, 0.15) is 23.9 Å². The zero-order chi connectivity index (χ0) is 23.3. The van der Waals surface area contributed by atoms with Gasteiger partial charge in [0.15, 0.2) is 11.5 Å². The molecule has 34 heavy (non-hydrogen) atoms. The van der Waals surface area contributed by atoms with Crippen molar-refractivity contribution in [2.45, 2.75) is 0 Å². The van der Waals surface area contributed by atoms with Gasteiger partial charge in [-0.2, -0.15) is 0 Å². The van der Waals surface area contributed by atoms with Crippen LogP contribution in [0.15, 0.2) is 66.7 Å². The first-order valence-electron chi connectivity index (χ1n) is 11.3. The van der Waals surface area contributed by atoms with Crippen LogP contribution >= 0.6 is 11.3 Å². The van der Waals surface area contributed by atoms with Gasteiger partial charge in [-0.15, -0.1) is 11.3 Å². The number of phenolic OH excluding ortho intramolecular Hbond substituents is 1. The van der Waals surface area contributed by atoms with Crippen molar-refractivity contribution >= 4 is 21.4 Å². The van der Waals surface area contributed by atoms with Crippen molar-refractivity contribution in [2.75, 3.05) is 46.6 Å². The van der Waals surface area contributed by atoms with Crippen molar-refractivity contribution in [3.05, 3.63) is 66.7 Å². The van der Waals surface area contributed by atoms with Gasteiger partial charge in [-0.3, -0.25) is 4.90 Å². The molecule has 0 amide bonds. The molecule has 0 saturated carbocycles. The number of fused-ring (bicyclic) bond motifs is 1. The summed E-state index contributed by atoms with van der Waals surface area (Å²) in [5.41, 5.74) is 0.875. The lowest BCUT2D eigenvalue weighted by Gasteiger charge is -2.26. The number of methoxy groups -OCH3 is 1. The Bertz CT molecular complexity index is 1210. The van der Waals surface area contributed by atoms with E-state index in [2.05, 4.69) is 23.1 Å². The summed E-state index contributed by atoms with van der Waals surface area (Å²) in [5, 5.41) is 11.7. The van der Waals surface area contributed by atoms with Crippen LogP contribution < -0.4 is 14.2 Å². The summed E-state index contributed by atoms with van der Waals surface area (Å²) in [5.74, 6) is 2.39. The fourth-order valence-electron chi connectivity index (χ4n) is 3.96. The quantitative estimate of drug-likeness (QED) is 0.347. The number of ether oxygens (including phenoxy) is 4. The van der Waals surface area contributed by atoms with Gasteiger partial charge < -0.3 is 24.1 Å². The van der Waals surface area contributed by atoms with Gasteiger partial charge in [-0.25, -0.2) is 0 Å². The van der Waals surface area contributed by atoms with E-state index in [0.717, 1.165) is 49.0 Å². The van der Waals surface area contributed by atoms with E-state index in [0.29, 0.717) is 23.9 Å². The molecule has 1 fully saturated rings. The smallest absolute Gasteiger partial charge is 0.169 e. The van der Waals surface area contributed by atoms with Gasteiger partial charge >= 0.3 is 0 Å². The van der Waals surface area contributed by atoms with Crippen molar-refractivity contribution in [1.29, 1.82) is 0 Å². The van der Waals surface area contributed by atoms with E-state index < -0.39 is 0 Å². The first-order chi connectivity index (χ1) is 16.7. The maximum Gasteiger partial charge on any atom is 0.169 e. The molecule has 3 aromatic carbocycles. The minimum atomic E-state index is 0.0209. The first-order valence-corrected chi connectivity index (χ1v) is 12.1. The maximum absolute atomic E-state index is 10.5. The molecule has 0 radical (unpaired) electrons. The molecular weight excluding hydrogens is 450 g/mol. The molecule has 0 bridgehead atoms. The first kappa shape index (κ1) is 22.5. The Morgan fingerprint density at radius 2 is 1.71 bits per heavy atom. The molecule has 176 valence electrons. The highest BCUT2D eigenvalue weighted by Crippen LogP contribution is 2.44. The number of phenols is 1. The molecule has 0 aliphatic carbocycles. The van der Waals surface area contributed by atoms with Crippen LogP contribution in [-0.2, 0) is 4.74 Å². The Morgan fingerprint density at radius 3 is 2.47 bits per heavy atom. The van der Waals surface area contributed by atoms with Gasteiger partial charge in [0.2, 0.25) is 0 Å². The third kappa shape index (κ3) is 5.12. The molecular formula is C27H27NO5S. The zero-order valence-corrected chi connectivity index (χ0v) is 19.8. The van der Waals surface area contributed by atoms with E-state index in [1.807, 2.05) is 42.5 Å². The summed E-state index contributed by atoms with van der Waals surface area (Å²) in [6.45, 7) is 4.97. The summed E-state index contributed by atoms with van der Waals surface area (Å²) >= 11 is 1.68. The van der Waals surface area contributed by atoms with Gasteiger partial charge in [0, 0.05) is 40.8 Å². The minimum Gasteiger partial charge on any atom is -0.504 e. The standard InChI is InChI=1S/C27H27NO5S/c1-30-24-18-23(29)25(17-22(24)27-16-19-4-2-3-5-26(19)34-27)33-21-8-6-20(7-9-21)32-15-12-28-10-13-31-14-11-28/h2-9,16-18,29H,10-15H2,1H3. The normalized spacial score (nSPS) is 14.3. The van der Waals surface area contributed by atoms with Crippen molar-refractivity contribution in [3.8, 4) is 39.2 Å². The van der Waals surface area contributed by atoms with Crippen LogP contribution in [0.3, 0.4) is 0 Å². The van der Waals surface area contributed by atoms with Gasteiger partial charge in [-0.1, -0.05) is 18.2 Å². The Balaban J connectivity index is 1.29. The number of benzene rings is 3. The molecule has 1 saturated heterocycles. The van der Waals surface area contributed by atoms with Gasteiger partial charge in [-0.05, 0) is 47.9 Å². The summed E-state index contributed by atoms with van der Waals surface area (Å²) in [7, 11) is 1.60. The van der Waals surface area contributed by atoms with Crippen molar-refractivity contribution in [2.24, 2.45) is 0 Å². The minimum absolute atomic E-state index is 0.0209. The molecule has 4 aromatic rings. The molecule has 7 heteroatoms. The molecule has 1 aliphatic heterocycles. The molecule has 1 aliphatic rings. The molecule has 6 nitrogen and oxygen atoms in total. The second-order valence-electron chi connectivity index (χ2n) is 8.04. The molecule has 1 aromatic heterocycles. The number of hydrogen-bond donors (Lipinski definition) is 1. The monoisotopic (exact) mass is 477 g/mol. The Labute approximate surface area is 202 Å². The van der Waals surface area contributed by atoms with E-state index >= 15 is 0 Å². The van der Waals surface area contributed by atoms with E-state index in [-0.39, 0.29) is 5.75 Å². The molecule has 1 N–H and O–H groups in total. The number of thiophene rings is 1. The summed E-state index contributed by atoms with van der Waals surface area (Å²) in [4.78, 5) is 3.38. The predicted molar refractivity (Wildman–Crippen MR) is 135 cm³/mol. The predicted octanol–water partition coefficient (Wildman–Crippen LogP) is 5.79. The van der Waals surface area contributed by atoms with Crippen molar-refractivity contribution < 1.29 is 24.1 Å². The van der Waals surface area contributed by atoms with Crippen LogP contribution in [0.2, 0.25) is 0 Å². The summed E-state index contributed by atoms with van der Waals surface area (Å²) < 4.78 is 24.0. The maximum atomic E-state index is 10.5. The van der Waals surface area contributed by atoms with E-state index in [4.69, 9.17) is 18.9 Å². The van der Waals surface area contributed by atoms with E-state index in [1.165, 1.54) is 10.1 Å². The van der Waals surface area contributed by atoms with Gasteiger partial charge in [0.25, 0.3) is 0 Å². The molecule has 0 atom stereocenters. The summed E-state index contributed by atoms with van der Waals surface area (Å²) in [6.07, 6.45) is 0. The van der Waals surface area contributed by atoms with Crippen molar-refractivity contribution in [3.63, 3.8) is 0 Å². The second-order valence-corrected chi connectivity index (χ2v) is 9.13. The number of aromatic hydroxyl groups is 1. The fraction of sp³-hybridized carbons (Fsp3) is 0.259. The topological polar surface area (TPSA) is 60.4 Å². The van der Waals surface area contributed by atoms with E-state index in [1.54, 1.807) is 24.5 Å². The molecule has 0 spiro atoms. The second kappa shape index (κ2) is 10.3. The van der Waals surface area contributed by atoms with Crippen LogP contribution in [0, 0.1) is 0 Å². The van der Waals surface area contributed by atoms with Crippen LogP contribution in [0.5, 0.6) is 28.7 Å². The average Bonchev–Trinajstić information content (AvgIpc) is 3.31. The average molecular weight is 478 g/mol. The fourth-order valence-corrected chi connectivity index (χ4v) is 5.04. The molecule has 2 heterocycles. The number of nitrogens with zero attached hydrogens (tertiary/aromatic N) is 1. The third-order valence-corrected chi connectivity index (χ3v) is 6.95. The van der Waals surface area contributed by atoms with Crippen LogP contribution in [0.4, 0.5) is 0 Å². The van der Waals surface area contributed by atoms with Crippen LogP contribution in [0.1, 0.15) is 0 Å².